The highest BCUT2D eigenvalue weighted by Crippen LogP contribution is 2.38. The van der Waals surface area contributed by atoms with Crippen LogP contribution in [-0.4, -0.2) is 50.9 Å². The zero-order valence-electron chi connectivity index (χ0n) is 23.1. The van der Waals surface area contributed by atoms with Crippen molar-refractivity contribution < 1.29 is 18.7 Å². The van der Waals surface area contributed by atoms with E-state index in [-0.39, 0.29) is 17.6 Å². The van der Waals surface area contributed by atoms with Gasteiger partial charge in [0, 0.05) is 25.4 Å². The molecule has 214 valence electrons. The number of nitrogens with two attached hydrogens (primary N) is 1. The SMILES string of the molecule is CC1CC(N)CC(c2ccncc2Nc2ncc(/C=C\C(=N)c3c(F)ccc(C(=O)NC(C)C)c3F)[nH]2)C1.CO. The molecule has 7 N–H and O–H groups in total. The van der Waals surface area contributed by atoms with Gasteiger partial charge in [0.15, 0.2) is 0 Å². The summed E-state index contributed by atoms with van der Waals surface area (Å²) in [6.45, 7) is 5.69. The van der Waals surface area contributed by atoms with E-state index < -0.39 is 28.8 Å². The van der Waals surface area contributed by atoms with Crippen molar-refractivity contribution in [2.24, 2.45) is 11.7 Å². The molecule has 3 aromatic rings. The highest BCUT2D eigenvalue weighted by Gasteiger charge is 2.27. The van der Waals surface area contributed by atoms with Gasteiger partial charge in [0.25, 0.3) is 5.91 Å². The number of imidazole rings is 1. The largest absolute Gasteiger partial charge is 0.400 e. The molecule has 2 aromatic heterocycles. The summed E-state index contributed by atoms with van der Waals surface area (Å²) in [5.41, 5.74) is 7.44. The van der Waals surface area contributed by atoms with E-state index in [9.17, 15) is 13.6 Å². The van der Waals surface area contributed by atoms with Crippen molar-refractivity contribution in [3.8, 4) is 0 Å². The number of nitrogens with one attached hydrogen (secondary N) is 4. The average molecular weight is 554 g/mol. The second-order valence-electron chi connectivity index (χ2n) is 10.2. The second kappa shape index (κ2) is 13.9. The van der Waals surface area contributed by atoms with E-state index in [1.54, 1.807) is 32.4 Å². The fourth-order valence-corrected chi connectivity index (χ4v) is 4.96. The van der Waals surface area contributed by atoms with Crippen molar-refractivity contribution in [2.75, 3.05) is 12.4 Å². The summed E-state index contributed by atoms with van der Waals surface area (Å²) in [5.74, 6) is -1.35. The molecule has 3 atom stereocenters. The minimum atomic E-state index is -1.08. The van der Waals surface area contributed by atoms with Crippen LogP contribution in [-0.2, 0) is 0 Å². The molecule has 4 rings (SSSR count). The molecule has 1 fully saturated rings. The summed E-state index contributed by atoms with van der Waals surface area (Å²) < 4.78 is 29.4. The van der Waals surface area contributed by atoms with Crippen LogP contribution in [0.25, 0.3) is 6.08 Å². The number of halogens is 2. The molecule has 0 spiro atoms. The predicted octanol–water partition coefficient (Wildman–Crippen LogP) is 4.89. The molecule has 0 aliphatic heterocycles. The number of anilines is 2. The highest BCUT2D eigenvalue weighted by molar-refractivity contribution is 6.10. The maximum Gasteiger partial charge on any atom is 0.254 e. The van der Waals surface area contributed by atoms with Gasteiger partial charge in [0.05, 0.1) is 40.6 Å². The van der Waals surface area contributed by atoms with Crippen molar-refractivity contribution in [3.63, 3.8) is 0 Å². The van der Waals surface area contributed by atoms with Gasteiger partial charge in [-0.3, -0.25) is 9.78 Å². The van der Waals surface area contributed by atoms with Crippen LogP contribution < -0.4 is 16.4 Å². The van der Waals surface area contributed by atoms with Crippen LogP contribution >= 0.6 is 0 Å². The molecule has 1 saturated carbocycles. The van der Waals surface area contributed by atoms with E-state index in [0.29, 0.717) is 23.5 Å². The maximum absolute atomic E-state index is 15.0. The van der Waals surface area contributed by atoms with Crippen molar-refractivity contribution in [1.82, 2.24) is 20.3 Å². The number of carbonyl (C=O) groups excluding carboxylic acids is 1. The summed E-state index contributed by atoms with van der Waals surface area (Å²) in [7, 11) is 1.00. The Morgan fingerprint density at radius 3 is 2.65 bits per heavy atom. The van der Waals surface area contributed by atoms with E-state index in [2.05, 4.69) is 32.5 Å². The third-order valence-electron chi connectivity index (χ3n) is 6.58. The Bertz CT molecular complexity index is 1350. The van der Waals surface area contributed by atoms with Gasteiger partial charge in [-0.05, 0) is 80.9 Å². The standard InChI is InChI=1S/C28H33F2N7O.CH4O/c1-15(2)35-27(38)21-5-6-22(29)25(26(21)30)23(32)7-4-19-13-34-28(36-19)37-24-14-33-9-8-20(24)17-10-16(3)11-18(31)12-17;1-2/h4-9,13-18,32H,10-12,31H2,1-3H3,(H,35,38)(H2,34,36,37);2H,1H3/b7-4-,32-23?;. The molecule has 1 aromatic carbocycles. The number of aromatic nitrogens is 3. The third-order valence-corrected chi connectivity index (χ3v) is 6.58. The number of amides is 1. The number of aromatic amines is 1. The predicted molar refractivity (Wildman–Crippen MR) is 153 cm³/mol. The number of rotatable bonds is 8. The molecule has 1 aliphatic rings. The monoisotopic (exact) mass is 553 g/mol. The number of carbonyl (C=O) groups is 1. The van der Waals surface area contributed by atoms with Gasteiger partial charge in [-0.1, -0.05) is 6.92 Å². The summed E-state index contributed by atoms with van der Waals surface area (Å²) in [5, 5.41) is 21.1. The van der Waals surface area contributed by atoms with Crippen molar-refractivity contribution in [1.29, 1.82) is 5.41 Å². The molecular formula is C29H37F2N7O2. The number of benzene rings is 1. The number of aliphatic hydroxyl groups is 1. The number of hydrogen-bond acceptors (Lipinski definition) is 7. The Labute approximate surface area is 232 Å². The van der Waals surface area contributed by atoms with Gasteiger partial charge >= 0.3 is 0 Å². The second-order valence-corrected chi connectivity index (χ2v) is 10.2. The van der Waals surface area contributed by atoms with Crippen molar-refractivity contribution >= 4 is 29.3 Å². The van der Waals surface area contributed by atoms with Gasteiger partial charge in [-0.25, -0.2) is 13.8 Å². The fourth-order valence-electron chi connectivity index (χ4n) is 4.96. The molecule has 3 unspecified atom stereocenters. The van der Waals surface area contributed by atoms with Crippen LogP contribution in [0.5, 0.6) is 0 Å². The first-order chi connectivity index (χ1) is 19.1. The van der Waals surface area contributed by atoms with Crippen LogP contribution in [0, 0.1) is 23.0 Å². The molecule has 9 nitrogen and oxygen atoms in total. The molecule has 0 bridgehead atoms. The maximum atomic E-state index is 15.0. The molecule has 1 amide bonds. The Morgan fingerprint density at radius 2 is 1.95 bits per heavy atom. The van der Waals surface area contributed by atoms with Gasteiger partial charge < -0.3 is 31.9 Å². The summed E-state index contributed by atoms with van der Waals surface area (Å²) >= 11 is 0. The Hall–Kier alpha value is -3.96. The van der Waals surface area contributed by atoms with Crippen molar-refractivity contribution in [2.45, 2.75) is 58.0 Å². The number of aliphatic hydroxyl groups excluding tert-OH is 1. The van der Waals surface area contributed by atoms with Gasteiger partial charge in [0.2, 0.25) is 5.95 Å². The lowest BCUT2D eigenvalue weighted by molar-refractivity contribution is 0.0939. The third kappa shape index (κ3) is 7.57. The minimum Gasteiger partial charge on any atom is -0.400 e. The zero-order chi connectivity index (χ0) is 29.4. The quantitative estimate of drug-likeness (QED) is 0.219. The average Bonchev–Trinajstić information content (AvgIpc) is 3.35. The summed E-state index contributed by atoms with van der Waals surface area (Å²) in [6.07, 6.45) is 10.8. The van der Waals surface area contributed by atoms with Crippen LogP contribution in [0.2, 0.25) is 0 Å². The van der Waals surface area contributed by atoms with Crippen LogP contribution in [0.15, 0.2) is 42.9 Å². The molecule has 1 aliphatic carbocycles. The molecule has 0 saturated heterocycles. The van der Waals surface area contributed by atoms with Gasteiger partial charge in [-0.15, -0.1) is 0 Å². The molecule has 0 radical (unpaired) electrons. The zero-order valence-corrected chi connectivity index (χ0v) is 23.1. The summed E-state index contributed by atoms with van der Waals surface area (Å²) in [6, 6.07) is 4.01. The van der Waals surface area contributed by atoms with Gasteiger partial charge in [-0.2, -0.15) is 0 Å². The van der Waals surface area contributed by atoms with E-state index in [0.717, 1.165) is 49.8 Å². The van der Waals surface area contributed by atoms with Crippen LogP contribution in [0.4, 0.5) is 20.4 Å². The first kappa shape index (κ1) is 30.6. The van der Waals surface area contributed by atoms with E-state index >= 15 is 0 Å². The molecule has 2 heterocycles. The smallest absolute Gasteiger partial charge is 0.254 e. The topological polar surface area (TPSA) is 153 Å². The lowest BCUT2D eigenvalue weighted by Gasteiger charge is -2.32. The Kier molecular flexibility index (Phi) is 10.6. The summed E-state index contributed by atoms with van der Waals surface area (Å²) in [4.78, 5) is 23.9. The lowest BCUT2D eigenvalue weighted by atomic mass is 9.76. The minimum absolute atomic E-state index is 0.167. The lowest BCUT2D eigenvalue weighted by Crippen LogP contribution is -2.31. The van der Waals surface area contributed by atoms with Crippen molar-refractivity contribution in [3.05, 3.63) is 76.9 Å². The number of hydrogen-bond donors (Lipinski definition) is 6. The normalized spacial score (nSPS) is 18.8. The number of nitrogens with zero attached hydrogens (tertiary/aromatic N) is 2. The molecular weight excluding hydrogens is 516 g/mol. The van der Waals surface area contributed by atoms with Gasteiger partial charge in [0.1, 0.15) is 11.6 Å². The van der Waals surface area contributed by atoms with Crippen LogP contribution in [0.1, 0.15) is 73.1 Å². The first-order valence-electron chi connectivity index (χ1n) is 13.1. The Balaban J connectivity index is 0.00000216. The molecule has 40 heavy (non-hydrogen) atoms. The van der Waals surface area contributed by atoms with E-state index in [1.165, 1.54) is 12.2 Å². The first-order valence-corrected chi connectivity index (χ1v) is 13.1. The highest BCUT2D eigenvalue weighted by atomic mass is 19.1. The number of allylic oxidation sites excluding steroid dienone is 1. The number of H-pyrrole nitrogens is 1. The molecule has 11 heteroatoms. The van der Waals surface area contributed by atoms with Crippen LogP contribution in [0.3, 0.4) is 0 Å². The Morgan fingerprint density at radius 1 is 1.20 bits per heavy atom. The van der Waals surface area contributed by atoms with E-state index in [1.807, 2.05) is 6.07 Å². The van der Waals surface area contributed by atoms with E-state index in [4.69, 9.17) is 16.2 Å². The fraction of sp³-hybridized carbons (Fsp3) is 0.379. The number of pyridine rings is 1.